The molecule has 0 atom stereocenters. The standard InChI is InChI=1S/C19H17BrN6OS2/c1-26-13-7-6-10(20)8-11(13)16-17(26)23-19(25-24-16)28-9-15(27)22-18-21-12-4-2-3-5-14(12)29-18/h6-8H,2-5,9H2,1H3,(H,21,22,27). The highest BCUT2D eigenvalue weighted by Gasteiger charge is 2.17. The maximum Gasteiger partial charge on any atom is 0.236 e. The van der Waals surface area contributed by atoms with Gasteiger partial charge in [-0.3, -0.25) is 4.79 Å². The highest BCUT2D eigenvalue weighted by atomic mass is 79.9. The smallest absolute Gasteiger partial charge is 0.236 e. The van der Waals surface area contributed by atoms with E-state index >= 15 is 0 Å². The summed E-state index contributed by atoms with van der Waals surface area (Å²) in [5.74, 6) is 0.109. The van der Waals surface area contributed by atoms with Crippen molar-refractivity contribution in [1.29, 1.82) is 0 Å². The molecular formula is C19H17BrN6OS2. The zero-order valence-corrected chi connectivity index (χ0v) is 18.8. The number of hydrogen-bond donors (Lipinski definition) is 1. The van der Waals surface area contributed by atoms with Crippen LogP contribution in [0.4, 0.5) is 5.13 Å². The van der Waals surface area contributed by atoms with Crippen LogP contribution < -0.4 is 5.32 Å². The number of thioether (sulfide) groups is 1. The Balaban J connectivity index is 1.31. The van der Waals surface area contributed by atoms with Crippen LogP contribution in [0.15, 0.2) is 27.8 Å². The van der Waals surface area contributed by atoms with Gasteiger partial charge in [0.2, 0.25) is 11.1 Å². The van der Waals surface area contributed by atoms with Crippen LogP contribution in [0, 0.1) is 0 Å². The first-order chi connectivity index (χ1) is 14.1. The lowest BCUT2D eigenvalue weighted by Crippen LogP contribution is -2.14. The first-order valence-electron chi connectivity index (χ1n) is 9.28. The molecule has 0 radical (unpaired) electrons. The van der Waals surface area contributed by atoms with Crippen molar-refractivity contribution in [3.8, 4) is 0 Å². The number of aryl methyl sites for hydroxylation is 3. The van der Waals surface area contributed by atoms with Crippen molar-refractivity contribution in [1.82, 2.24) is 24.7 Å². The summed E-state index contributed by atoms with van der Waals surface area (Å²) in [7, 11) is 1.96. The highest BCUT2D eigenvalue weighted by molar-refractivity contribution is 9.10. The maximum absolute atomic E-state index is 12.4. The molecule has 0 saturated heterocycles. The third-order valence-electron chi connectivity index (χ3n) is 4.97. The van der Waals surface area contributed by atoms with Crippen molar-refractivity contribution in [3.63, 3.8) is 0 Å². The molecule has 1 aliphatic carbocycles. The number of thiazole rings is 1. The van der Waals surface area contributed by atoms with E-state index in [0.29, 0.717) is 10.3 Å². The summed E-state index contributed by atoms with van der Waals surface area (Å²) in [4.78, 5) is 22.8. The third-order valence-corrected chi connectivity index (χ3v) is 7.37. The zero-order chi connectivity index (χ0) is 20.0. The number of carbonyl (C=O) groups excluding carboxylic acids is 1. The van der Waals surface area contributed by atoms with Crippen LogP contribution in [0.5, 0.6) is 0 Å². The molecule has 0 saturated carbocycles. The molecule has 1 aliphatic rings. The number of amides is 1. The highest BCUT2D eigenvalue weighted by Crippen LogP contribution is 2.30. The third kappa shape index (κ3) is 3.64. The summed E-state index contributed by atoms with van der Waals surface area (Å²) in [6.45, 7) is 0. The summed E-state index contributed by atoms with van der Waals surface area (Å²) in [6, 6.07) is 6.03. The molecule has 29 heavy (non-hydrogen) atoms. The lowest BCUT2D eigenvalue weighted by molar-refractivity contribution is -0.113. The Morgan fingerprint density at radius 1 is 1.28 bits per heavy atom. The molecular weight excluding hydrogens is 472 g/mol. The van der Waals surface area contributed by atoms with Gasteiger partial charge in [-0.25, -0.2) is 9.97 Å². The number of nitrogens with zero attached hydrogens (tertiary/aromatic N) is 5. The van der Waals surface area contributed by atoms with Crippen molar-refractivity contribution in [2.75, 3.05) is 11.1 Å². The van der Waals surface area contributed by atoms with E-state index in [1.54, 1.807) is 11.3 Å². The predicted molar refractivity (Wildman–Crippen MR) is 120 cm³/mol. The van der Waals surface area contributed by atoms with Gasteiger partial charge in [-0.15, -0.1) is 21.5 Å². The Labute approximate surface area is 183 Å². The molecule has 5 rings (SSSR count). The fourth-order valence-electron chi connectivity index (χ4n) is 3.57. The molecule has 0 unspecified atom stereocenters. The van der Waals surface area contributed by atoms with Crippen LogP contribution in [0.25, 0.3) is 22.1 Å². The second kappa shape index (κ2) is 7.66. The van der Waals surface area contributed by atoms with Crippen molar-refractivity contribution < 1.29 is 4.79 Å². The lowest BCUT2D eigenvalue weighted by atomic mass is 10.0. The summed E-state index contributed by atoms with van der Waals surface area (Å²) >= 11 is 6.36. The molecule has 3 aromatic heterocycles. The number of carbonyl (C=O) groups is 1. The monoisotopic (exact) mass is 488 g/mol. The number of fused-ring (bicyclic) bond motifs is 4. The van der Waals surface area contributed by atoms with Crippen LogP contribution in [0.1, 0.15) is 23.4 Å². The van der Waals surface area contributed by atoms with Gasteiger partial charge in [0.1, 0.15) is 5.52 Å². The molecule has 1 amide bonds. The number of aromatic nitrogens is 5. The number of halogens is 1. The van der Waals surface area contributed by atoms with Crippen LogP contribution >= 0.6 is 39.0 Å². The predicted octanol–water partition coefficient (Wildman–Crippen LogP) is 4.35. The Morgan fingerprint density at radius 3 is 3.00 bits per heavy atom. The molecule has 1 aromatic carbocycles. The van der Waals surface area contributed by atoms with E-state index in [1.165, 1.54) is 29.5 Å². The molecule has 0 aliphatic heterocycles. The van der Waals surface area contributed by atoms with E-state index in [-0.39, 0.29) is 11.7 Å². The fourth-order valence-corrected chi connectivity index (χ4v) is 5.58. The molecule has 7 nitrogen and oxygen atoms in total. The van der Waals surface area contributed by atoms with E-state index < -0.39 is 0 Å². The van der Waals surface area contributed by atoms with Crippen molar-refractivity contribution in [2.24, 2.45) is 7.05 Å². The molecule has 148 valence electrons. The van der Waals surface area contributed by atoms with Crippen molar-refractivity contribution in [3.05, 3.63) is 33.2 Å². The van der Waals surface area contributed by atoms with E-state index in [4.69, 9.17) is 0 Å². The molecule has 10 heteroatoms. The van der Waals surface area contributed by atoms with Gasteiger partial charge in [0.05, 0.1) is 17.0 Å². The SMILES string of the molecule is Cn1c2ccc(Br)cc2c2nnc(SCC(=O)Nc3nc4c(s3)CCCC4)nc21. The van der Waals surface area contributed by atoms with E-state index in [0.717, 1.165) is 45.1 Å². The number of rotatable bonds is 4. The average Bonchev–Trinajstić information content (AvgIpc) is 3.24. The summed E-state index contributed by atoms with van der Waals surface area (Å²) in [5.41, 5.74) is 3.69. The number of benzene rings is 1. The minimum atomic E-state index is -0.106. The molecule has 0 bridgehead atoms. The largest absolute Gasteiger partial charge is 0.327 e. The van der Waals surface area contributed by atoms with Gasteiger partial charge in [0.25, 0.3) is 0 Å². The zero-order valence-electron chi connectivity index (χ0n) is 15.6. The molecule has 3 heterocycles. The fraction of sp³-hybridized carbons (Fsp3) is 0.316. The van der Waals surface area contributed by atoms with Crippen molar-refractivity contribution >= 4 is 72.1 Å². The topological polar surface area (TPSA) is 85.6 Å². The Bertz CT molecular complexity index is 1230. The van der Waals surface area contributed by atoms with Crippen molar-refractivity contribution in [2.45, 2.75) is 30.8 Å². The maximum atomic E-state index is 12.4. The van der Waals surface area contributed by atoms with E-state index in [1.807, 2.05) is 29.8 Å². The van der Waals surface area contributed by atoms with Gasteiger partial charge >= 0.3 is 0 Å². The van der Waals surface area contributed by atoms with Crippen LogP contribution in [0.2, 0.25) is 0 Å². The number of anilines is 1. The summed E-state index contributed by atoms with van der Waals surface area (Å²) in [5, 5.41) is 13.7. The van der Waals surface area contributed by atoms with Crippen LogP contribution in [-0.4, -0.2) is 36.4 Å². The summed E-state index contributed by atoms with van der Waals surface area (Å²) < 4.78 is 2.98. The quantitative estimate of drug-likeness (QED) is 0.429. The van der Waals surface area contributed by atoms with Gasteiger partial charge in [-0.05, 0) is 43.9 Å². The second-order valence-electron chi connectivity index (χ2n) is 6.92. The minimum absolute atomic E-state index is 0.106. The van der Waals surface area contributed by atoms with Gasteiger partial charge in [0, 0.05) is 21.8 Å². The number of hydrogen-bond acceptors (Lipinski definition) is 7. The minimum Gasteiger partial charge on any atom is -0.327 e. The Kier molecular flexibility index (Phi) is 5.00. The number of nitrogens with one attached hydrogen (secondary N) is 1. The van der Waals surface area contributed by atoms with Crippen LogP contribution in [-0.2, 0) is 24.7 Å². The Morgan fingerprint density at radius 2 is 2.14 bits per heavy atom. The van der Waals surface area contributed by atoms with E-state index in [2.05, 4.69) is 41.4 Å². The average molecular weight is 489 g/mol. The first kappa shape index (κ1) is 19.0. The normalized spacial score (nSPS) is 13.7. The van der Waals surface area contributed by atoms with Gasteiger partial charge in [-0.1, -0.05) is 27.7 Å². The second-order valence-corrected chi connectivity index (χ2v) is 9.86. The van der Waals surface area contributed by atoms with E-state index in [9.17, 15) is 4.79 Å². The first-order valence-corrected chi connectivity index (χ1v) is 11.9. The van der Waals surface area contributed by atoms with Gasteiger partial charge < -0.3 is 9.88 Å². The molecule has 0 fully saturated rings. The Hall–Kier alpha value is -2.04. The van der Waals surface area contributed by atoms with Gasteiger partial charge in [-0.2, -0.15) is 0 Å². The summed E-state index contributed by atoms with van der Waals surface area (Å²) in [6.07, 6.45) is 4.46. The van der Waals surface area contributed by atoms with Gasteiger partial charge in [0.15, 0.2) is 10.8 Å². The molecule has 4 aromatic rings. The molecule has 1 N–H and O–H groups in total. The lowest BCUT2D eigenvalue weighted by Gasteiger charge is -2.06. The molecule has 0 spiro atoms. The van der Waals surface area contributed by atoms with Crippen LogP contribution in [0.3, 0.4) is 0 Å².